The van der Waals surface area contributed by atoms with Crippen molar-refractivity contribution in [1.82, 2.24) is 15.5 Å². The SMILES string of the molecule is Cc1n[nH]c(=O)c(C(=O)NCCCCCC(=O)O)c1C. The van der Waals surface area contributed by atoms with E-state index in [2.05, 4.69) is 15.5 Å². The molecule has 1 heterocycles. The van der Waals surface area contributed by atoms with Gasteiger partial charge in [0.15, 0.2) is 0 Å². The van der Waals surface area contributed by atoms with Crippen molar-refractivity contribution in [1.29, 1.82) is 0 Å². The second-order valence-electron chi connectivity index (χ2n) is 4.60. The number of nitrogens with one attached hydrogen (secondary N) is 2. The van der Waals surface area contributed by atoms with Gasteiger partial charge in [-0.15, -0.1) is 0 Å². The molecule has 0 bridgehead atoms. The van der Waals surface area contributed by atoms with Gasteiger partial charge in [0.25, 0.3) is 11.5 Å². The molecule has 0 spiro atoms. The van der Waals surface area contributed by atoms with E-state index in [-0.39, 0.29) is 12.0 Å². The van der Waals surface area contributed by atoms with Crippen LogP contribution >= 0.6 is 0 Å². The van der Waals surface area contributed by atoms with Crippen LogP contribution in [0.4, 0.5) is 0 Å². The van der Waals surface area contributed by atoms with Crippen molar-refractivity contribution in [3.63, 3.8) is 0 Å². The van der Waals surface area contributed by atoms with Gasteiger partial charge in [0.1, 0.15) is 5.56 Å². The summed E-state index contributed by atoms with van der Waals surface area (Å²) in [6.07, 6.45) is 2.12. The Morgan fingerprint density at radius 3 is 2.60 bits per heavy atom. The third-order valence-electron chi connectivity index (χ3n) is 3.05. The molecule has 0 fully saturated rings. The van der Waals surface area contributed by atoms with E-state index in [1.807, 2.05) is 0 Å². The highest BCUT2D eigenvalue weighted by Gasteiger charge is 2.15. The number of carbonyl (C=O) groups excluding carboxylic acids is 1. The zero-order chi connectivity index (χ0) is 15.1. The highest BCUT2D eigenvalue weighted by molar-refractivity contribution is 5.95. The lowest BCUT2D eigenvalue weighted by Crippen LogP contribution is -2.32. The van der Waals surface area contributed by atoms with E-state index >= 15 is 0 Å². The summed E-state index contributed by atoms with van der Waals surface area (Å²) in [4.78, 5) is 33.8. The topological polar surface area (TPSA) is 112 Å². The fourth-order valence-electron chi connectivity index (χ4n) is 1.77. The van der Waals surface area contributed by atoms with Gasteiger partial charge in [-0.25, -0.2) is 5.10 Å². The minimum Gasteiger partial charge on any atom is -0.481 e. The number of nitrogens with zero attached hydrogens (tertiary/aromatic N) is 1. The summed E-state index contributed by atoms with van der Waals surface area (Å²) >= 11 is 0. The van der Waals surface area contributed by atoms with Gasteiger partial charge in [-0.1, -0.05) is 6.42 Å². The number of aliphatic carboxylic acids is 1. The number of aryl methyl sites for hydroxylation is 1. The van der Waals surface area contributed by atoms with Crippen LogP contribution in [0.25, 0.3) is 0 Å². The molecular weight excluding hydrogens is 262 g/mol. The number of aromatic amines is 1. The van der Waals surface area contributed by atoms with E-state index in [0.29, 0.717) is 30.6 Å². The number of aromatic nitrogens is 2. The number of carboxylic acids is 1. The Morgan fingerprint density at radius 2 is 1.95 bits per heavy atom. The van der Waals surface area contributed by atoms with Crippen LogP contribution < -0.4 is 10.9 Å². The molecule has 0 saturated carbocycles. The van der Waals surface area contributed by atoms with Gasteiger partial charge in [0.05, 0.1) is 5.69 Å². The quantitative estimate of drug-likeness (QED) is 0.639. The normalized spacial score (nSPS) is 10.3. The van der Waals surface area contributed by atoms with Crippen molar-refractivity contribution in [2.75, 3.05) is 6.54 Å². The van der Waals surface area contributed by atoms with Gasteiger partial charge in [-0.3, -0.25) is 14.4 Å². The van der Waals surface area contributed by atoms with Gasteiger partial charge in [-0.2, -0.15) is 5.10 Å². The zero-order valence-electron chi connectivity index (χ0n) is 11.7. The fourth-order valence-corrected chi connectivity index (χ4v) is 1.77. The van der Waals surface area contributed by atoms with Crippen molar-refractivity contribution in [2.24, 2.45) is 0 Å². The minimum atomic E-state index is -0.816. The number of hydrogen-bond acceptors (Lipinski definition) is 4. The molecule has 20 heavy (non-hydrogen) atoms. The van der Waals surface area contributed by atoms with E-state index in [1.165, 1.54) is 0 Å². The van der Waals surface area contributed by atoms with E-state index in [9.17, 15) is 14.4 Å². The van der Waals surface area contributed by atoms with E-state index in [4.69, 9.17) is 5.11 Å². The van der Waals surface area contributed by atoms with E-state index in [1.54, 1.807) is 13.8 Å². The fraction of sp³-hybridized carbons (Fsp3) is 0.538. The number of carboxylic acid groups (broad SMARTS) is 1. The summed E-state index contributed by atoms with van der Waals surface area (Å²) in [5, 5.41) is 17.2. The Balaban J connectivity index is 2.46. The zero-order valence-corrected chi connectivity index (χ0v) is 11.7. The Hall–Kier alpha value is -2.18. The van der Waals surface area contributed by atoms with E-state index < -0.39 is 17.4 Å². The first kappa shape index (κ1) is 15.9. The number of unbranched alkanes of at least 4 members (excludes halogenated alkanes) is 2. The average molecular weight is 281 g/mol. The summed E-state index contributed by atoms with van der Waals surface area (Å²) in [5.74, 6) is -1.24. The van der Waals surface area contributed by atoms with Crippen molar-refractivity contribution >= 4 is 11.9 Å². The maximum Gasteiger partial charge on any atom is 0.303 e. The van der Waals surface area contributed by atoms with Gasteiger partial charge in [-0.05, 0) is 32.3 Å². The molecule has 0 atom stereocenters. The summed E-state index contributed by atoms with van der Waals surface area (Å²) in [5.41, 5.74) is 0.757. The highest BCUT2D eigenvalue weighted by Crippen LogP contribution is 2.05. The van der Waals surface area contributed by atoms with Gasteiger partial charge in [0, 0.05) is 13.0 Å². The first-order chi connectivity index (χ1) is 9.43. The number of rotatable bonds is 7. The van der Waals surface area contributed by atoms with Crippen molar-refractivity contribution in [3.05, 3.63) is 27.2 Å². The molecular formula is C13H19N3O4. The van der Waals surface area contributed by atoms with Crippen LogP contribution in [0, 0.1) is 13.8 Å². The van der Waals surface area contributed by atoms with Crippen LogP contribution in [0.1, 0.15) is 47.3 Å². The lowest BCUT2D eigenvalue weighted by molar-refractivity contribution is -0.137. The third kappa shape index (κ3) is 4.49. The second kappa shape index (κ2) is 7.42. The maximum atomic E-state index is 11.9. The first-order valence-corrected chi connectivity index (χ1v) is 6.49. The molecule has 0 radical (unpaired) electrons. The van der Waals surface area contributed by atoms with Crippen LogP contribution in [0.2, 0.25) is 0 Å². The van der Waals surface area contributed by atoms with Crippen molar-refractivity contribution in [3.8, 4) is 0 Å². The maximum absolute atomic E-state index is 11.9. The average Bonchev–Trinajstić information content (AvgIpc) is 2.38. The lowest BCUT2D eigenvalue weighted by Gasteiger charge is -2.07. The molecule has 1 rings (SSSR count). The number of carbonyl (C=O) groups is 2. The van der Waals surface area contributed by atoms with Crippen molar-refractivity contribution < 1.29 is 14.7 Å². The summed E-state index contributed by atoms with van der Waals surface area (Å²) < 4.78 is 0. The molecule has 3 N–H and O–H groups in total. The van der Waals surface area contributed by atoms with Crippen LogP contribution in [0.5, 0.6) is 0 Å². The standard InChI is InChI=1S/C13H19N3O4/c1-8-9(2)15-16-13(20)11(8)12(19)14-7-5-3-4-6-10(17)18/h3-7H2,1-2H3,(H,14,19)(H,16,20)(H,17,18). The van der Waals surface area contributed by atoms with Gasteiger partial charge in [0.2, 0.25) is 0 Å². The van der Waals surface area contributed by atoms with Crippen LogP contribution in [-0.2, 0) is 4.79 Å². The predicted molar refractivity (Wildman–Crippen MR) is 72.8 cm³/mol. The molecule has 1 amide bonds. The predicted octanol–water partition coefficient (Wildman–Crippen LogP) is 0.762. The lowest BCUT2D eigenvalue weighted by atomic mass is 10.1. The monoisotopic (exact) mass is 281 g/mol. The molecule has 0 aromatic carbocycles. The smallest absolute Gasteiger partial charge is 0.303 e. The van der Waals surface area contributed by atoms with Crippen molar-refractivity contribution in [2.45, 2.75) is 39.5 Å². The molecule has 110 valence electrons. The molecule has 7 nitrogen and oxygen atoms in total. The molecule has 0 unspecified atom stereocenters. The highest BCUT2D eigenvalue weighted by atomic mass is 16.4. The van der Waals surface area contributed by atoms with Crippen LogP contribution in [0.3, 0.4) is 0 Å². The number of H-pyrrole nitrogens is 1. The molecule has 0 aliphatic carbocycles. The summed E-state index contributed by atoms with van der Waals surface area (Å²) in [6, 6.07) is 0. The molecule has 1 aromatic heterocycles. The largest absolute Gasteiger partial charge is 0.481 e. The first-order valence-electron chi connectivity index (χ1n) is 6.49. The molecule has 0 aliphatic rings. The van der Waals surface area contributed by atoms with Crippen LogP contribution in [-0.4, -0.2) is 33.7 Å². The van der Waals surface area contributed by atoms with Gasteiger partial charge >= 0.3 is 5.97 Å². The third-order valence-corrected chi connectivity index (χ3v) is 3.05. The van der Waals surface area contributed by atoms with Gasteiger partial charge < -0.3 is 10.4 Å². The molecule has 0 aliphatic heterocycles. The number of amides is 1. The Labute approximate surface area is 116 Å². The molecule has 0 saturated heterocycles. The van der Waals surface area contributed by atoms with E-state index in [0.717, 1.165) is 6.42 Å². The molecule has 1 aromatic rings. The Kier molecular flexibility index (Phi) is 5.89. The number of hydrogen-bond donors (Lipinski definition) is 3. The summed E-state index contributed by atoms with van der Waals surface area (Å²) in [7, 11) is 0. The van der Waals surface area contributed by atoms with Crippen LogP contribution in [0.15, 0.2) is 4.79 Å². The Morgan fingerprint density at radius 1 is 1.25 bits per heavy atom. The minimum absolute atomic E-state index is 0.0861. The summed E-state index contributed by atoms with van der Waals surface area (Å²) in [6.45, 7) is 3.81. The second-order valence-corrected chi connectivity index (χ2v) is 4.60. The molecule has 7 heteroatoms. The Bertz CT molecular complexity index is 551.